The molecule has 0 saturated carbocycles. The number of hydrogen-bond acceptors (Lipinski definition) is 5. The summed E-state index contributed by atoms with van der Waals surface area (Å²) in [5.41, 5.74) is 1.63. The Balaban J connectivity index is 1.43. The molecule has 1 amide bonds. The van der Waals surface area contributed by atoms with E-state index < -0.39 is 11.7 Å². The molecule has 4 aromatic rings. The fraction of sp³-hybridized carbons (Fsp3) is 0.250. The van der Waals surface area contributed by atoms with Gasteiger partial charge in [-0.05, 0) is 50.1 Å². The molecule has 1 aliphatic rings. The number of aromatic nitrogens is 4. The number of amides is 1. The fourth-order valence-corrected chi connectivity index (χ4v) is 3.95. The van der Waals surface area contributed by atoms with Gasteiger partial charge in [-0.2, -0.15) is 0 Å². The van der Waals surface area contributed by atoms with E-state index in [0.717, 1.165) is 43.6 Å². The van der Waals surface area contributed by atoms with Crippen LogP contribution in [0.1, 0.15) is 41.3 Å². The van der Waals surface area contributed by atoms with Gasteiger partial charge in [-0.3, -0.25) is 4.79 Å². The van der Waals surface area contributed by atoms with Crippen LogP contribution in [0.2, 0.25) is 0 Å². The summed E-state index contributed by atoms with van der Waals surface area (Å²) >= 11 is 0. The lowest BCUT2D eigenvalue weighted by Crippen LogP contribution is -2.15. The first-order chi connectivity index (χ1) is 15.6. The van der Waals surface area contributed by atoms with Crippen molar-refractivity contribution in [2.45, 2.75) is 39.2 Å². The van der Waals surface area contributed by atoms with Gasteiger partial charge in [-0.25, -0.2) is 9.37 Å². The number of rotatable bonds is 4. The van der Waals surface area contributed by atoms with Gasteiger partial charge in [-0.15, -0.1) is 10.2 Å². The number of halogens is 1. The van der Waals surface area contributed by atoms with Crippen LogP contribution in [0.25, 0.3) is 22.8 Å². The summed E-state index contributed by atoms with van der Waals surface area (Å²) in [6.45, 7) is 2.49. The van der Waals surface area contributed by atoms with Crippen molar-refractivity contribution in [1.29, 1.82) is 0 Å². The Morgan fingerprint density at radius 2 is 1.91 bits per heavy atom. The standard InChI is InChI=1S/C24H22FN5O2/c1-15-21(27-24(32-15)16-8-4-2-5-9-16)23(31)26-19-14-17(11-12-18(19)25)22-29-28-20-10-6-3-7-13-30(20)22/h2,4-5,8-9,11-12,14H,3,6-7,10,13H2,1H3,(H,26,31). The van der Waals surface area contributed by atoms with Crippen LogP contribution in [0.5, 0.6) is 0 Å². The Bertz CT molecular complexity index is 1280. The lowest BCUT2D eigenvalue weighted by Gasteiger charge is -2.10. The summed E-state index contributed by atoms with van der Waals surface area (Å²) in [6, 6.07) is 13.9. The summed E-state index contributed by atoms with van der Waals surface area (Å²) in [4.78, 5) is 17.2. The molecule has 1 N–H and O–H groups in total. The van der Waals surface area contributed by atoms with E-state index in [0.29, 0.717) is 23.0 Å². The third kappa shape index (κ3) is 3.79. The van der Waals surface area contributed by atoms with E-state index in [4.69, 9.17) is 4.42 Å². The lowest BCUT2D eigenvalue weighted by atomic mass is 10.1. The second-order valence-electron chi connectivity index (χ2n) is 7.84. The molecule has 3 heterocycles. The first kappa shape index (κ1) is 20.1. The number of hydrogen-bond donors (Lipinski definition) is 1. The number of oxazole rings is 1. The zero-order valence-corrected chi connectivity index (χ0v) is 17.6. The SMILES string of the molecule is Cc1oc(-c2ccccc2)nc1C(=O)Nc1cc(-c2nnc3n2CCCCC3)ccc1F. The molecular weight excluding hydrogens is 409 g/mol. The largest absolute Gasteiger partial charge is 0.441 e. The van der Waals surface area contributed by atoms with Gasteiger partial charge in [0.05, 0.1) is 5.69 Å². The lowest BCUT2D eigenvalue weighted by molar-refractivity contribution is 0.102. The van der Waals surface area contributed by atoms with E-state index in [2.05, 4.69) is 25.1 Å². The first-order valence-corrected chi connectivity index (χ1v) is 10.7. The number of anilines is 1. The van der Waals surface area contributed by atoms with Gasteiger partial charge in [0.1, 0.15) is 17.4 Å². The summed E-state index contributed by atoms with van der Waals surface area (Å²) in [7, 11) is 0. The third-order valence-electron chi connectivity index (χ3n) is 5.61. The fourth-order valence-electron chi connectivity index (χ4n) is 3.95. The molecule has 0 spiro atoms. The van der Waals surface area contributed by atoms with Crippen molar-refractivity contribution < 1.29 is 13.6 Å². The van der Waals surface area contributed by atoms with Crippen molar-refractivity contribution in [1.82, 2.24) is 19.7 Å². The van der Waals surface area contributed by atoms with Crippen molar-refractivity contribution in [2.24, 2.45) is 0 Å². The molecule has 0 aliphatic carbocycles. The maximum Gasteiger partial charge on any atom is 0.278 e. The maximum absolute atomic E-state index is 14.6. The van der Waals surface area contributed by atoms with Crippen LogP contribution in [-0.2, 0) is 13.0 Å². The Labute approximate surface area is 184 Å². The number of aryl methyl sites for hydroxylation is 2. The Morgan fingerprint density at radius 1 is 1.06 bits per heavy atom. The minimum atomic E-state index is -0.540. The monoisotopic (exact) mass is 431 g/mol. The Hall–Kier alpha value is -3.81. The summed E-state index contributed by atoms with van der Waals surface area (Å²) in [5, 5.41) is 11.3. The van der Waals surface area contributed by atoms with Crippen molar-refractivity contribution in [3.05, 3.63) is 71.6 Å². The van der Waals surface area contributed by atoms with Gasteiger partial charge >= 0.3 is 0 Å². The number of carbonyl (C=O) groups is 1. The zero-order valence-electron chi connectivity index (χ0n) is 17.6. The molecule has 8 heteroatoms. The normalized spacial score (nSPS) is 13.4. The quantitative estimate of drug-likeness (QED) is 0.490. The van der Waals surface area contributed by atoms with Crippen molar-refractivity contribution in [3.63, 3.8) is 0 Å². The number of nitrogens with one attached hydrogen (secondary N) is 1. The molecule has 5 rings (SSSR count). The topological polar surface area (TPSA) is 85.8 Å². The number of carbonyl (C=O) groups excluding carboxylic acids is 1. The molecule has 2 aromatic heterocycles. The molecule has 162 valence electrons. The van der Waals surface area contributed by atoms with Crippen LogP contribution in [0.3, 0.4) is 0 Å². The first-order valence-electron chi connectivity index (χ1n) is 10.7. The van der Waals surface area contributed by atoms with E-state index in [9.17, 15) is 9.18 Å². The molecule has 0 atom stereocenters. The minimum absolute atomic E-state index is 0.0575. The molecule has 0 fully saturated rings. The summed E-state index contributed by atoms with van der Waals surface area (Å²) < 4.78 is 22.3. The van der Waals surface area contributed by atoms with E-state index >= 15 is 0 Å². The maximum atomic E-state index is 14.6. The highest BCUT2D eigenvalue weighted by Crippen LogP contribution is 2.28. The van der Waals surface area contributed by atoms with Crippen molar-refractivity contribution >= 4 is 11.6 Å². The molecule has 0 radical (unpaired) electrons. The second kappa shape index (κ2) is 8.37. The third-order valence-corrected chi connectivity index (χ3v) is 5.61. The Morgan fingerprint density at radius 3 is 2.75 bits per heavy atom. The van der Waals surface area contributed by atoms with Gasteiger partial charge in [-0.1, -0.05) is 24.6 Å². The minimum Gasteiger partial charge on any atom is -0.441 e. The van der Waals surface area contributed by atoms with Gasteiger partial charge in [0, 0.05) is 24.1 Å². The smallest absolute Gasteiger partial charge is 0.278 e. The molecule has 0 unspecified atom stereocenters. The van der Waals surface area contributed by atoms with Crippen LogP contribution in [0.4, 0.5) is 10.1 Å². The van der Waals surface area contributed by atoms with E-state index in [1.165, 1.54) is 6.07 Å². The van der Waals surface area contributed by atoms with Crippen LogP contribution in [0.15, 0.2) is 52.9 Å². The predicted octanol–water partition coefficient (Wildman–Crippen LogP) is 5.03. The van der Waals surface area contributed by atoms with Gasteiger partial charge < -0.3 is 14.3 Å². The summed E-state index contributed by atoms with van der Waals surface area (Å²) in [6.07, 6.45) is 4.17. The van der Waals surface area contributed by atoms with E-state index in [1.807, 2.05) is 30.3 Å². The predicted molar refractivity (Wildman–Crippen MR) is 118 cm³/mol. The molecule has 0 bridgehead atoms. The Kier molecular flexibility index (Phi) is 5.26. The van der Waals surface area contributed by atoms with Gasteiger partial charge in [0.25, 0.3) is 5.91 Å². The highest BCUT2D eigenvalue weighted by Gasteiger charge is 2.21. The number of fused-ring (bicyclic) bond motifs is 1. The molecule has 7 nitrogen and oxygen atoms in total. The van der Waals surface area contributed by atoms with E-state index in [1.54, 1.807) is 19.1 Å². The molecule has 2 aromatic carbocycles. The average Bonchev–Trinajstić information content (AvgIpc) is 3.31. The second-order valence-corrected chi connectivity index (χ2v) is 7.84. The van der Waals surface area contributed by atoms with Crippen molar-refractivity contribution in [3.8, 4) is 22.8 Å². The van der Waals surface area contributed by atoms with Gasteiger partial charge in [0.2, 0.25) is 5.89 Å². The zero-order chi connectivity index (χ0) is 22.1. The van der Waals surface area contributed by atoms with Crippen LogP contribution >= 0.6 is 0 Å². The highest BCUT2D eigenvalue weighted by atomic mass is 19.1. The average molecular weight is 431 g/mol. The number of benzene rings is 2. The molecule has 0 saturated heterocycles. The van der Waals surface area contributed by atoms with Crippen molar-refractivity contribution in [2.75, 3.05) is 5.32 Å². The molecular formula is C24H22FN5O2. The molecule has 32 heavy (non-hydrogen) atoms. The summed E-state index contributed by atoms with van der Waals surface area (Å²) in [5.74, 6) is 1.25. The van der Waals surface area contributed by atoms with Crippen LogP contribution in [-0.4, -0.2) is 25.7 Å². The van der Waals surface area contributed by atoms with Crippen LogP contribution in [0, 0.1) is 12.7 Å². The van der Waals surface area contributed by atoms with E-state index in [-0.39, 0.29) is 11.4 Å². The molecule has 1 aliphatic heterocycles. The number of nitrogens with zero attached hydrogens (tertiary/aromatic N) is 4. The van der Waals surface area contributed by atoms with Crippen LogP contribution < -0.4 is 5.32 Å². The van der Waals surface area contributed by atoms with Gasteiger partial charge in [0.15, 0.2) is 11.5 Å². The highest BCUT2D eigenvalue weighted by molar-refractivity contribution is 6.04.